The van der Waals surface area contributed by atoms with Gasteiger partial charge in [0.1, 0.15) is 0 Å². The lowest BCUT2D eigenvalue weighted by molar-refractivity contribution is -0.122. The lowest BCUT2D eigenvalue weighted by atomic mass is 10.1. The summed E-state index contributed by atoms with van der Waals surface area (Å²) in [6.07, 6.45) is 4.89. The fourth-order valence-electron chi connectivity index (χ4n) is 1.84. The van der Waals surface area contributed by atoms with Crippen molar-refractivity contribution >= 4 is 17.7 Å². The molecule has 17 heavy (non-hydrogen) atoms. The van der Waals surface area contributed by atoms with Crippen molar-refractivity contribution in [2.75, 3.05) is 25.6 Å². The molecular formula is C12H25N3OS. The van der Waals surface area contributed by atoms with Gasteiger partial charge in [-0.2, -0.15) is 11.8 Å². The van der Waals surface area contributed by atoms with Crippen LogP contribution in [-0.2, 0) is 4.79 Å². The summed E-state index contributed by atoms with van der Waals surface area (Å²) in [5.41, 5.74) is 5.77. The van der Waals surface area contributed by atoms with Gasteiger partial charge in [0.2, 0.25) is 5.91 Å². The Morgan fingerprint density at radius 1 is 1.59 bits per heavy atom. The number of hydrogen-bond acceptors (Lipinski definition) is 4. The van der Waals surface area contributed by atoms with Gasteiger partial charge in [-0.1, -0.05) is 0 Å². The van der Waals surface area contributed by atoms with Gasteiger partial charge in [0, 0.05) is 36.8 Å². The summed E-state index contributed by atoms with van der Waals surface area (Å²) < 4.78 is 0. The van der Waals surface area contributed by atoms with E-state index >= 15 is 0 Å². The molecular weight excluding hydrogens is 234 g/mol. The topological polar surface area (TPSA) is 58.4 Å². The Morgan fingerprint density at radius 3 is 2.71 bits per heavy atom. The highest BCUT2D eigenvalue weighted by atomic mass is 32.2. The van der Waals surface area contributed by atoms with Crippen LogP contribution in [0.4, 0.5) is 0 Å². The van der Waals surface area contributed by atoms with E-state index in [2.05, 4.69) is 30.4 Å². The number of amides is 1. The number of rotatable bonds is 8. The molecule has 0 radical (unpaired) electrons. The Balaban J connectivity index is 2.36. The first kappa shape index (κ1) is 14.8. The molecule has 0 aromatic heterocycles. The van der Waals surface area contributed by atoms with Gasteiger partial charge in [0.25, 0.3) is 0 Å². The van der Waals surface area contributed by atoms with Crippen molar-refractivity contribution < 1.29 is 4.79 Å². The third-order valence-electron chi connectivity index (χ3n) is 3.31. The number of nitrogens with zero attached hydrogens (tertiary/aromatic N) is 1. The molecule has 1 saturated carbocycles. The molecule has 1 amide bonds. The smallest absolute Gasteiger partial charge is 0.221 e. The zero-order valence-electron chi connectivity index (χ0n) is 11.1. The Bertz CT molecular complexity index is 246. The maximum absolute atomic E-state index is 11.7. The molecule has 4 nitrogen and oxygen atoms in total. The Labute approximate surface area is 109 Å². The fraction of sp³-hybridized carbons (Fsp3) is 0.917. The van der Waals surface area contributed by atoms with E-state index in [0.29, 0.717) is 25.0 Å². The van der Waals surface area contributed by atoms with Crippen molar-refractivity contribution in [3.8, 4) is 0 Å². The van der Waals surface area contributed by atoms with Crippen LogP contribution in [0.1, 0.15) is 26.2 Å². The molecule has 1 fully saturated rings. The summed E-state index contributed by atoms with van der Waals surface area (Å²) in [4.78, 5) is 14.0. The Kier molecular flexibility index (Phi) is 6.30. The van der Waals surface area contributed by atoms with E-state index in [9.17, 15) is 4.79 Å². The lowest BCUT2D eigenvalue weighted by Gasteiger charge is -2.31. The molecule has 100 valence electrons. The number of nitrogens with one attached hydrogen (secondary N) is 1. The highest BCUT2D eigenvalue weighted by Crippen LogP contribution is 2.19. The van der Waals surface area contributed by atoms with Crippen LogP contribution in [-0.4, -0.2) is 54.5 Å². The molecule has 0 saturated heterocycles. The van der Waals surface area contributed by atoms with E-state index in [0.717, 1.165) is 18.6 Å². The minimum absolute atomic E-state index is 0.145. The number of likely N-dealkylation sites (N-methyl/N-ethyl adjacent to an activating group) is 1. The second-order valence-electron chi connectivity index (χ2n) is 4.91. The number of hydrogen-bond donors (Lipinski definition) is 2. The third kappa shape index (κ3) is 5.27. The summed E-state index contributed by atoms with van der Waals surface area (Å²) in [5.74, 6) is 1.21. The molecule has 0 aromatic carbocycles. The normalized spacial score (nSPS) is 19.1. The van der Waals surface area contributed by atoms with Gasteiger partial charge in [-0.3, -0.25) is 9.69 Å². The first-order chi connectivity index (χ1) is 8.08. The van der Waals surface area contributed by atoms with Crippen LogP contribution in [0.25, 0.3) is 0 Å². The SMILES string of the molecule is CSCC(C)N(C)C(CN)CC(=O)NC1CC1. The number of nitrogens with two attached hydrogens (primary N) is 1. The van der Waals surface area contributed by atoms with Crippen LogP contribution in [0, 0.1) is 0 Å². The van der Waals surface area contributed by atoms with Crippen molar-refractivity contribution in [2.45, 2.75) is 44.3 Å². The first-order valence-corrected chi connectivity index (χ1v) is 7.68. The van der Waals surface area contributed by atoms with Crippen molar-refractivity contribution in [2.24, 2.45) is 5.73 Å². The van der Waals surface area contributed by atoms with Crippen LogP contribution in [0.15, 0.2) is 0 Å². The van der Waals surface area contributed by atoms with E-state index in [1.54, 1.807) is 0 Å². The molecule has 1 rings (SSSR count). The van der Waals surface area contributed by atoms with E-state index in [1.807, 2.05) is 11.8 Å². The van der Waals surface area contributed by atoms with E-state index in [-0.39, 0.29) is 11.9 Å². The summed E-state index contributed by atoms with van der Waals surface area (Å²) in [6, 6.07) is 1.04. The highest BCUT2D eigenvalue weighted by molar-refractivity contribution is 7.98. The summed E-state index contributed by atoms with van der Waals surface area (Å²) in [5, 5.41) is 3.02. The Hall–Kier alpha value is -0.260. The number of thioether (sulfide) groups is 1. The van der Waals surface area contributed by atoms with Crippen molar-refractivity contribution in [1.82, 2.24) is 10.2 Å². The summed E-state index contributed by atoms with van der Waals surface area (Å²) in [7, 11) is 2.06. The van der Waals surface area contributed by atoms with E-state index in [1.165, 1.54) is 0 Å². The van der Waals surface area contributed by atoms with Gasteiger partial charge in [-0.25, -0.2) is 0 Å². The molecule has 0 aromatic rings. The number of carbonyl (C=O) groups excluding carboxylic acids is 1. The predicted octanol–water partition coefficient (Wildman–Crippen LogP) is 0.666. The predicted molar refractivity (Wildman–Crippen MR) is 74.2 cm³/mol. The molecule has 0 bridgehead atoms. The molecule has 0 heterocycles. The van der Waals surface area contributed by atoms with E-state index in [4.69, 9.17) is 5.73 Å². The Morgan fingerprint density at radius 2 is 2.24 bits per heavy atom. The minimum atomic E-state index is 0.145. The average Bonchev–Trinajstić information content (AvgIpc) is 3.09. The van der Waals surface area contributed by atoms with E-state index < -0.39 is 0 Å². The highest BCUT2D eigenvalue weighted by Gasteiger charge is 2.26. The molecule has 1 aliphatic carbocycles. The van der Waals surface area contributed by atoms with Crippen LogP contribution in [0.3, 0.4) is 0 Å². The maximum atomic E-state index is 11.7. The zero-order valence-corrected chi connectivity index (χ0v) is 11.9. The van der Waals surface area contributed by atoms with Crippen LogP contribution < -0.4 is 11.1 Å². The zero-order chi connectivity index (χ0) is 12.8. The fourth-order valence-corrected chi connectivity index (χ4v) is 2.56. The molecule has 5 heteroatoms. The molecule has 0 spiro atoms. The second-order valence-corrected chi connectivity index (χ2v) is 5.82. The van der Waals surface area contributed by atoms with Crippen molar-refractivity contribution in [1.29, 1.82) is 0 Å². The molecule has 0 aliphatic heterocycles. The summed E-state index contributed by atoms with van der Waals surface area (Å²) in [6.45, 7) is 2.71. The van der Waals surface area contributed by atoms with Gasteiger partial charge >= 0.3 is 0 Å². The standard InChI is InChI=1S/C12H25N3OS/c1-9(8-17-3)15(2)11(7-13)6-12(16)14-10-4-5-10/h9-11H,4-8,13H2,1-3H3,(H,14,16). The van der Waals surface area contributed by atoms with Gasteiger partial charge in [-0.15, -0.1) is 0 Å². The van der Waals surface area contributed by atoms with Crippen LogP contribution in [0.2, 0.25) is 0 Å². The van der Waals surface area contributed by atoms with Crippen LogP contribution >= 0.6 is 11.8 Å². The molecule has 1 aliphatic rings. The number of carbonyl (C=O) groups is 1. The van der Waals surface area contributed by atoms with Crippen molar-refractivity contribution in [3.05, 3.63) is 0 Å². The van der Waals surface area contributed by atoms with Gasteiger partial charge in [-0.05, 0) is 33.1 Å². The largest absolute Gasteiger partial charge is 0.353 e. The molecule has 2 unspecified atom stereocenters. The average molecular weight is 259 g/mol. The quantitative estimate of drug-likeness (QED) is 0.672. The van der Waals surface area contributed by atoms with Crippen molar-refractivity contribution in [3.63, 3.8) is 0 Å². The summed E-state index contributed by atoms with van der Waals surface area (Å²) >= 11 is 1.82. The lowest BCUT2D eigenvalue weighted by Crippen LogP contribution is -2.46. The van der Waals surface area contributed by atoms with Gasteiger partial charge in [0.15, 0.2) is 0 Å². The van der Waals surface area contributed by atoms with Crippen LogP contribution in [0.5, 0.6) is 0 Å². The third-order valence-corrected chi connectivity index (χ3v) is 4.13. The maximum Gasteiger partial charge on any atom is 0.221 e. The van der Waals surface area contributed by atoms with Gasteiger partial charge < -0.3 is 11.1 Å². The minimum Gasteiger partial charge on any atom is -0.353 e. The monoisotopic (exact) mass is 259 g/mol. The van der Waals surface area contributed by atoms with Gasteiger partial charge in [0.05, 0.1) is 0 Å². The first-order valence-electron chi connectivity index (χ1n) is 6.28. The second kappa shape index (κ2) is 7.24. The molecule has 2 atom stereocenters. The molecule has 3 N–H and O–H groups in total.